The first-order valence-corrected chi connectivity index (χ1v) is 8.57. The second-order valence-electron chi connectivity index (χ2n) is 6.72. The smallest absolute Gasteiger partial charge is 0.237 e. The van der Waals surface area contributed by atoms with E-state index in [-0.39, 0.29) is 0 Å². The molecule has 0 aromatic heterocycles. The average Bonchev–Trinajstić information content (AvgIpc) is 2.75. The first-order chi connectivity index (χ1) is 9.84. The lowest BCUT2D eigenvalue weighted by molar-refractivity contribution is -0.138. The van der Waals surface area contributed by atoms with Crippen LogP contribution in [-0.4, -0.2) is 61.0 Å². The molecule has 2 heterocycles. The van der Waals surface area contributed by atoms with E-state index in [9.17, 15) is 4.79 Å². The van der Waals surface area contributed by atoms with Crippen LogP contribution in [0.3, 0.4) is 0 Å². The lowest BCUT2D eigenvalue weighted by atomic mass is 9.78. The summed E-state index contributed by atoms with van der Waals surface area (Å²) in [4.78, 5) is 17.3. The van der Waals surface area contributed by atoms with Crippen LogP contribution in [0, 0.1) is 5.92 Å². The summed E-state index contributed by atoms with van der Waals surface area (Å²) >= 11 is 0. The van der Waals surface area contributed by atoms with E-state index in [1.807, 2.05) is 0 Å². The van der Waals surface area contributed by atoms with Crippen molar-refractivity contribution < 1.29 is 4.79 Å². The Morgan fingerprint density at radius 3 is 2.75 bits per heavy atom. The van der Waals surface area contributed by atoms with Gasteiger partial charge >= 0.3 is 0 Å². The highest BCUT2D eigenvalue weighted by Crippen LogP contribution is 2.35. The Balaban J connectivity index is 1.57. The van der Waals surface area contributed by atoms with Gasteiger partial charge in [0.15, 0.2) is 0 Å². The van der Waals surface area contributed by atoms with Crippen LogP contribution in [0.2, 0.25) is 0 Å². The van der Waals surface area contributed by atoms with E-state index in [2.05, 4.69) is 15.1 Å². The summed E-state index contributed by atoms with van der Waals surface area (Å²) in [5, 5.41) is 3.41. The van der Waals surface area contributed by atoms with Crippen molar-refractivity contribution in [2.45, 2.75) is 51.0 Å². The van der Waals surface area contributed by atoms with Gasteiger partial charge in [0.25, 0.3) is 0 Å². The molecule has 1 N–H and O–H groups in total. The fourth-order valence-electron chi connectivity index (χ4n) is 4.28. The van der Waals surface area contributed by atoms with Gasteiger partial charge in [0.2, 0.25) is 5.91 Å². The Hall–Kier alpha value is -0.610. The van der Waals surface area contributed by atoms with Gasteiger partial charge < -0.3 is 10.2 Å². The molecule has 2 unspecified atom stereocenters. The normalized spacial score (nSPS) is 32.5. The zero-order valence-electron chi connectivity index (χ0n) is 12.6. The van der Waals surface area contributed by atoms with E-state index < -0.39 is 0 Å². The van der Waals surface area contributed by atoms with Crippen molar-refractivity contribution in [3.63, 3.8) is 0 Å². The van der Waals surface area contributed by atoms with E-state index in [1.54, 1.807) is 0 Å². The second kappa shape index (κ2) is 6.90. The Labute approximate surface area is 122 Å². The van der Waals surface area contributed by atoms with Crippen molar-refractivity contribution in [3.05, 3.63) is 0 Å². The predicted molar refractivity (Wildman–Crippen MR) is 80.6 cm³/mol. The molecule has 20 heavy (non-hydrogen) atoms. The maximum Gasteiger partial charge on any atom is 0.237 e. The highest BCUT2D eigenvalue weighted by molar-refractivity contribution is 5.78. The second-order valence-corrected chi connectivity index (χ2v) is 6.72. The predicted octanol–water partition coefficient (Wildman–Crippen LogP) is 1.46. The van der Waals surface area contributed by atoms with Crippen molar-refractivity contribution in [3.8, 4) is 0 Å². The van der Waals surface area contributed by atoms with E-state index in [0.29, 0.717) is 18.5 Å². The molecule has 0 spiro atoms. The Morgan fingerprint density at radius 1 is 0.950 bits per heavy atom. The van der Waals surface area contributed by atoms with E-state index in [0.717, 1.165) is 38.6 Å². The largest absolute Gasteiger partial charge is 0.338 e. The minimum Gasteiger partial charge on any atom is -0.338 e. The van der Waals surface area contributed by atoms with Crippen LogP contribution in [0.15, 0.2) is 0 Å². The number of likely N-dealkylation sites (tertiary alicyclic amines) is 1. The minimum absolute atomic E-state index is 0.392. The third-order valence-corrected chi connectivity index (χ3v) is 5.36. The van der Waals surface area contributed by atoms with Gasteiger partial charge in [-0.05, 0) is 51.1 Å². The fraction of sp³-hybridized carbons (Fsp3) is 0.938. The number of hydrogen-bond acceptors (Lipinski definition) is 3. The fourth-order valence-corrected chi connectivity index (χ4v) is 4.28. The zero-order valence-corrected chi connectivity index (χ0v) is 12.6. The Bertz CT molecular complexity index is 324. The molecule has 3 aliphatic rings. The number of amides is 1. The van der Waals surface area contributed by atoms with E-state index in [4.69, 9.17) is 0 Å². The molecule has 2 aliphatic heterocycles. The first-order valence-electron chi connectivity index (χ1n) is 8.57. The molecular formula is C16H29N3O. The zero-order chi connectivity index (χ0) is 13.8. The molecule has 0 aromatic rings. The molecule has 0 radical (unpaired) electrons. The molecule has 1 amide bonds. The van der Waals surface area contributed by atoms with Gasteiger partial charge in [-0.25, -0.2) is 0 Å². The Kier molecular flexibility index (Phi) is 4.94. The molecule has 3 rings (SSSR count). The minimum atomic E-state index is 0.392. The number of carbonyl (C=O) groups is 1. The monoisotopic (exact) mass is 279 g/mol. The molecule has 4 nitrogen and oxygen atoms in total. The van der Waals surface area contributed by atoms with Gasteiger partial charge in [-0.15, -0.1) is 0 Å². The molecule has 1 saturated carbocycles. The lowest BCUT2D eigenvalue weighted by Gasteiger charge is -2.44. The van der Waals surface area contributed by atoms with Crippen LogP contribution in [0.4, 0.5) is 0 Å². The number of nitrogens with zero attached hydrogens (tertiary/aromatic N) is 2. The van der Waals surface area contributed by atoms with Gasteiger partial charge in [-0.2, -0.15) is 0 Å². The maximum atomic E-state index is 12.7. The van der Waals surface area contributed by atoms with Crippen LogP contribution >= 0.6 is 0 Å². The van der Waals surface area contributed by atoms with Crippen LogP contribution in [-0.2, 0) is 4.79 Å². The molecule has 2 atom stereocenters. The van der Waals surface area contributed by atoms with Gasteiger partial charge in [0.05, 0.1) is 6.54 Å². The quantitative estimate of drug-likeness (QED) is 0.831. The summed E-state index contributed by atoms with van der Waals surface area (Å²) in [6, 6.07) is 0.565. The highest BCUT2D eigenvalue weighted by atomic mass is 16.2. The summed E-state index contributed by atoms with van der Waals surface area (Å²) in [6.07, 6.45) is 9.02. The number of hydrogen-bond donors (Lipinski definition) is 1. The topological polar surface area (TPSA) is 35.6 Å². The van der Waals surface area contributed by atoms with Gasteiger partial charge in [0, 0.05) is 25.7 Å². The molecule has 4 heteroatoms. The third kappa shape index (κ3) is 3.34. The summed E-state index contributed by atoms with van der Waals surface area (Å²) in [5.41, 5.74) is 0. The number of piperidine rings is 1. The standard InChI is InChI=1S/C16H29N3O/c20-16(13-18-10-4-8-17-9-12-18)19-11-3-6-14-5-1-2-7-15(14)19/h14-15,17H,1-13H2. The molecule has 0 aromatic carbocycles. The van der Waals surface area contributed by atoms with E-state index >= 15 is 0 Å². The van der Waals surface area contributed by atoms with Gasteiger partial charge in [0.1, 0.15) is 0 Å². The molecule has 2 saturated heterocycles. The Morgan fingerprint density at radius 2 is 1.80 bits per heavy atom. The van der Waals surface area contributed by atoms with Crippen molar-refractivity contribution in [2.75, 3.05) is 39.3 Å². The summed E-state index contributed by atoms with van der Waals surface area (Å²) in [5.74, 6) is 1.19. The summed E-state index contributed by atoms with van der Waals surface area (Å²) in [7, 11) is 0. The number of nitrogens with one attached hydrogen (secondary N) is 1. The van der Waals surface area contributed by atoms with Crippen molar-refractivity contribution in [1.29, 1.82) is 0 Å². The molecule has 1 aliphatic carbocycles. The maximum absolute atomic E-state index is 12.7. The van der Waals surface area contributed by atoms with Crippen molar-refractivity contribution >= 4 is 5.91 Å². The molecule has 114 valence electrons. The van der Waals surface area contributed by atoms with Crippen LogP contribution < -0.4 is 5.32 Å². The third-order valence-electron chi connectivity index (χ3n) is 5.36. The molecule has 0 bridgehead atoms. The van der Waals surface area contributed by atoms with Crippen LogP contribution in [0.25, 0.3) is 0 Å². The number of rotatable bonds is 2. The van der Waals surface area contributed by atoms with Crippen molar-refractivity contribution in [1.82, 2.24) is 15.1 Å². The van der Waals surface area contributed by atoms with Crippen LogP contribution in [0.1, 0.15) is 44.9 Å². The summed E-state index contributed by atoms with van der Waals surface area (Å²) in [6.45, 7) is 5.86. The molecule has 3 fully saturated rings. The number of carbonyl (C=O) groups excluding carboxylic acids is 1. The van der Waals surface area contributed by atoms with E-state index in [1.165, 1.54) is 44.9 Å². The first kappa shape index (κ1) is 14.3. The number of fused-ring (bicyclic) bond motifs is 1. The van der Waals surface area contributed by atoms with Gasteiger partial charge in [-0.1, -0.05) is 12.8 Å². The summed E-state index contributed by atoms with van der Waals surface area (Å²) < 4.78 is 0. The average molecular weight is 279 g/mol. The van der Waals surface area contributed by atoms with Crippen molar-refractivity contribution in [2.24, 2.45) is 5.92 Å². The van der Waals surface area contributed by atoms with Gasteiger partial charge in [-0.3, -0.25) is 9.69 Å². The lowest BCUT2D eigenvalue weighted by Crippen LogP contribution is -2.52. The van der Waals surface area contributed by atoms with Crippen LogP contribution in [0.5, 0.6) is 0 Å². The highest BCUT2D eigenvalue weighted by Gasteiger charge is 2.35. The SMILES string of the molecule is O=C(CN1CCCNCC1)N1CCCC2CCCCC21. The molecular weight excluding hydrogens is 250 g/mol.